The van der Waals surface area contributed by atoms with Crippen molar-refractivity contribution in [2.24, 2.45) is 0 Å². The van der Waals surface area contributed by atoms with Crippen LogP contribution in [0.15, 0.2) is 33.7 Å². The van der Waals surface area contributed by atoms with E-state index in [0.29, 0.717) is 6.42 Å². The summed E-state index contributed by atoms with van der Waals surface area (Å²) in [5.41, 5.74) is 2.13. The van der Waals surface area contributed by atoms with E-state index in [2.05, 4.69) is 17.0 Å². The molecule has 1 saturated heterocycles. The van der Waals surface area contributed by atoms with Gasteiger partial charge in [0.1, 0.15) is 5.76 Å². The van der Waals surface area contributed by atoms with Gasteiger partial charge in [0.2, 0.25) is 5.91 Å². The fourth-order valence-electron chi connectivity index (χ4n) is 3.49. The van der Waals surface area contributed by atoms with Gasteiger partial charge in [0.15, 0.2) is 0 Å². The SMILES string of the molecule is Cc1noc(C)c1CN1CCCN(C(=O)CC(C)Sc2ccc(Cl)cc2)CC1. The number of carbonyl (C=O) groups excluding carboxylic acids is 1. The minimum Gasteiger partial charge on any atom is -0.361 e. The normalized spacial score (nSPS) is 16.8. The number of aryl methyl sites for hydroxylation is 2. The molecule has 0 N–H and O–H groups in total. The van der Waals surface area contributed by atoms with Gasteiger partial charge in [0.25, 0.3) is 0 Å². The standard InChI is InChI=1S/C21H28ClN3O2S/c1-15(28-19-7-5-18(22)6-8-19)13-21(26)25-10-4-9-24(11-12-25)14-20-16(2)23-27-17(20)3/h5-8,15H,4,9-14H2,1-3H3. The fourth-order valence-corrected chi connectivity index (χ4v) is 4.60. The number of hydrogen-bond acceptors (Lipinski definition) is 5. The maximum absolute atomic E-state index is 12.8. The first kappa shape index (κ1) is 21.2. The van der Waals surface area contributed by atoms with Gasteiger partial charge in [0.05, 0.1) is 5.69 Å². The number of aromatic nitrogens is 1. The van der Waals surface area contributed by atoms with Crippen LogP contribution in [-0.4, -0.2) is 52.3 Å². The molecule has 2 heterocycles. The van der Waals surface area contributed by atoms with Crippen LogP contribution in [0, 0.1) is 13.8 Å². The first-order chi connectivity index (χ1) is 13.4. The highest BCUT2D eigenvalue weighted by Gasteiger charge is 2.22. The third-order valence-corrected chi connectivity index (χ3v) is 6.48. The molecule has 0 saturated carbocycles. The number of benzene rings is 1. The molecule has 0 aliphatic carbocycles. The molecule has 0 radical (unpaired) electrons. The molecule has 1 atom stereocenters. The third kappa shape index (κ3) is 5.75. The minimum absolute atomic E-state index is 0.232. The summed E-state index contributed by atoms with van der Waals surface area (Å²) < 4.78 is 5.28. The van der Waals surface area contributed by atoms with Gasteiger partial charge in [-0.3, -0.25) is 9.69 Å². The summed E-state index contributed by atoms with van der Waals surface area (Å²) in [5, 5.41) is 5.01. The highest BCUT2D eigenvalue weighted by molar-refractivity contribution is 8.00. The van der Waals surface area contributed by atoms with Crippen molar-refractivity contribution in [2.75, 3.05) is 26.2 Å². The molecule has 1 unspecified atom stereocenters. The Bertz CT molecular complexity index is 774. The summed E-state index contributed by atoms with van der Waals surface area (Å²) in [5.74, 6) is 1.14. The van der Waals surface area contributed by atoms with Crippen LogP contribution in [0.4, 0.5) is 0 Å². The molecule has 152 valence electrons. The van der Waals surface area contributed by atoms with Gasteiger partial charge in [-0.2, -0.15) is 0 Å². The lowest BCUT2D eigenvalue weighted by Gasteiger charge is -2.23. The molecule has 5 nitrogen and oxygen atoms in total. The van der Waals surface area contributed by atoms with Gasteiger partial charge in [-0.05, 0) is 44.5 Å². The number of nitrogens with zero attached hydrogens (tertiary/aromatic N) is 3. The van der Waals surface area contributed by atoms with Crippen molar-refractivity contribution < 1.29 is 9.32 Å². The van der Waals surface area contributed by atoms with Crippen molar-refractivity contribution in [3.05, 3.63) is 46.3 Å². The van der Waals surface area contributed by atoms with Crippen molar-refractivity contribution in [3.8, 4) is 0 Å². The van der Waals surface area contributed by atoms with E-state index < -0.39 is 0 Å². The molecule has 1 aliphatic rings. The summed E-state index contributed by atoms with van der Waals surface area (Å²) in [7, 11) is 0. The van der Waals surface area contributed by atoms with Crippen LogP contribution in [0.2, 0.25) is 5.02 Å². The van der Waals surface area contributed by atoms with Crippen LogP contribution in [0.1, 0.15) is 36.8 Å². The smallest absolute Gasteiger partial charge is 0.223 e. The second kappa shape index (κ2) is 9.81. The second-order valence-electron chi connectivity index (χ2n) is 7.40. The zero-order valence-electron chi connectivity index (χ0n) is 16.8. The van der Waals surface area contributed by atoms with E-state index in [1.165, 1.54) is 5.56 Å². The van der Waals surface area contributed by atoms with Gasteiger partial charge in [0, 0.05) is 59.9 Å². The first-order valence-corrected chi connectivity index (χ1v) is 11.0. The predicted molar refractivity (Wildman–Crippen MR) is 114 cm³/mol. The molecule has 1 aliphatic heterocycles. The molecule has 2 aromatic rings. The van der Waals surface area contributed by atoms with Crippen molar-refractivity contribution in [2.45, 2.75) is 50.3 Å². The highest BCUT2D eigenvalue weighted by atomic mass is 35.5. The van der Waals surface area contributed by atoms with Crippen LogP contribution in [-0.2, 0) is 11.3 Å². The van der Waals surface area contributed by atoms with Crippen LogP contribution in [0.25, 0.3) is 0 Å². The molecule has 3 rings (SSSR count). The molecule has 7 heteroatoms. The number of carbonyl (C=O) groups is 1. The number of thioether (sulfide) groups is 1. The Balaban J connectivity index is 1.49. The Labute approximate surface area is 176 Å². The lowest BCUT2D eigenvalue weighted by molar-refractivity contribution is -0.131. The monoisotopic (exact) mass is 421 g/mol. The zero-order valence-corrected chi connectivity index (χ0v) is 18.4. The van der Waals surface area contributed by atoms with Gasteiger partial charge in [-0.15, -0.1) is 11.8 Å². The van der Waals surface area contributed by atoms with Crippen LogP contribution >= 0.6 is 23.4 Å². The molecule has 1 aromatic heterocycles. The summed E-state index contributed by atoms with van der Waals surface area (Å²) in [6.45, 7) is 10.4. The summed E-state index contributed by atoms with van der Waals surface area (Å²) in [6.07, 6.45) is 1.55. The molecule has 0 bridgehead atoms. The number of hydrogen-bond donors (Lipinski definition) is 0. The number of amides is 1. The Hall–Kier alpha value is -1.50. The summed E-state index contributed by atoms with van der Waals surface area (Å²) in [6, 6.07) is 7.79. The van der Waals surface area contributed by atoms with Crippen LogP contribution in [0.5, 0.6) is 0 Å². The third-order valence-electron chi connectivity index (χ3n) is 5.12. The summed E-state index contributed by atoms with van der Waals surface area (Å²) >= 11 is 7.66. The largest absolute Gasteiger partial charge is 0.361 e. The lowest BCUT2D eigenvalue weighted by atomic mass is 10.2. The molecule has 28 heavy (non-hydrogen) atoms. The van der Waals surface area contributed by atoms with Crippen molar-refractivity contribution >= 4 is 29.3 Å². The highest BCUT2D eigenvalue weighted by Crippen LogP contribution is 2.27. The Morgan fingerprint density at radius 3 is 2.64 bits per heavy atom. The molecule has 0 spiro atoms. The maximum Gasteiger partial charge on any atom is 0.223 e. The molecular weight excluding hydrogens is 394 g/mol. The predicted octanol–water partition coefficient (Wildman–Crippen LogP) is 4.55. The average molecular weight is 422 g/mol. The number of halogens is 1. The van der Waals surface area contributed by atoms with Gasteiger partial charge < -0.3 is 9.42 Å². The van der Waals surface area contributed by atoms with E-state index in [-0.39, 0.29) is 11.2 Å². The van der Waals surface area contributed by atoms with Crippen molar-refractivity contribution in [1.29, 1.82) is 0 Å². The van der Waals surface area contributed by atoms with Gasteiger partial charge >= 0.3 is 0 Å². The lowest BCUT2D eigenvalue weighted by Crippen LogP contribution is -2.36. The van der Waals surface area contributed by atoms with E-state index in [9.17, 15) is 4.79 Å². The van der Waals surface area contributed by atoms with E-state index in [4.69, 9.17) is 16.1 Å². The topological polar surface area (TPSA) is 49.6 Å². The second-order valence-corrected chi connectivity index (χ2v) is 9.35. The van der Waals surface area contributed by atoms with E-state index >= 15 is 0 Å². The maximum atomic E-state index is 12.8. The van der Waals surface area contributed by atoms with Gasteiger partial charge in [-0.1, -0.05) is 23.7 Å². The van der Waals surface area contributed by atoms with Crippen LogP contribution < -0.4 is 0 Å². The van der Waals surface area contributed by atoms with E-state index in [1.807, 2.05) is 43.0 Å². The molecule has 1 aromatic carbocycles. The average Bonchev–Trinajstić information content (AvgIpc) is 2.86. The molecule has 1 fully saturated rings. The van der Waals surface area contributed by atoms with E-state index in [1.54, 1.807) is 11.8 Å². The van der Waals surface area contributed by atoms with Crippen molar-refractivity contribution in [1.82, 2.24) is 15.0 Å². The summed E-state index contributed by atoms with van der Waals surface area (Å²) in [4.78, 5) is 18.3. The molecular formula is C21H28ClN3O2S. The number of rotatable bonds is 6. The zero-order chi connectivity index (χ0) is 20.1. The Morgan fingerprint density at radius 1 is 1.21 bits per heavy atom. The quantitative estimate of drug-likeness (QED) is 0.640. The minimum atomic E-state index is 0.232. The fraction of sp³-hybridized carbons (Fsp3) is 0.524. The molecule has 1 amide bonds. The van der Waals surface area contributed by atoms with E-state index in [0.717, 1.165) is 60.5 Å². The van der Waals surface area contributed by atoms with Gasteiger partial charge in [-0.25, -0.2) is 0 Å². The Kier molecular flexibility index (Phi) is 7.43. The van der Waals surface area contributed by atoms with Crippen LogP contribution in [0.3, 0.4) is 0 Å². The Morgan fingerprint density at radius 2 is 1.96 bits per heavy atom. The first-order valence-electron chi connectivity index (χ1n) is 9.76. The van der Waals surface area contributed by atoms with Crippen molar-refractivity contribution in [3.63, 3.8) is 0 Å².